The maximum Gasteiger partial charge on any atom is 0.387 e. The van der Waals surface area contributed by atoms with Gasteiger partial charge in [-0.25, -0.2) is 0 Å². The second kappa shape index (κ2) is 8.53. The van der Waals surface area contributed by atoms with Gasteiger partial charge in [-0.05, 0) is 48.9 Å². The van der Waals surface area contributed by atoms with Gasteiger partial charge < -0.3 is 18.9 Å². The lowest BCUT2D eigenvalue weighted by Gasteiger charge is -2.18. The molecule has 2 aromatic rings. The van der Waals surface area contributed by atoms with Crippen LogP contribution in [-0.2, 0) is 0 Å². The molecule has 0 fully saturated rings. The molecule has 5 nitrogen and oxygen atoms in total. The van der Waals surface area contributed by atoms with Crippen LogP contribution in [0.25, 0.3) is 6.08 Å². The Kier molecular flexibility index (Phi) is 5.90. The fourth-order valence-electron chi connectivity index (χ4n) is 2.55. The van der Waals surface area contributed by atoms with Crippen LogP contribution in [0.15, 0.2) is 42.5 Å². The van der Waals surface area contributed by atoms with Gasteiger partial charge in [0.1, 0.15) is 13.2 Å². The van der Waals surface area contributed by atoms with Crippen molar-refractivity contribution in [3.8, 4) is 23.0 Å². The largest absolute Gasteiger partial charge is 0.490 e. The number of carbonyl (C=O) groups excluding carboxylic acids is 1. The summed E-state index contributed by atoms with van der Waals surface area (Å²) in [6.45, 7) is 0.00649. The molecule has 1 aliphatic rings. The zero-order valence-corrected chi connectivity index (χ0v) is 14.6. The summed E-state index contributed by atoms with van der Waals surface area (Å²) >= 11 is 0. The van der Waals surface area contributed by atoms with Gasteiger partial charge in [-0.2, -0.15) is 8.78 Å². The van der Waals surface area contributed by atoms with Crippen molar-refractivity contribution in [1.82, 2.24) is 0 Å². The molecule has 1 aliphatic heterocycles. The number of allylic oxidation sites excluding steroid dienone is 1. The molecule has 0 amide bonds. The lowest BCUT2D eigenvalue weighted by atomic mass is 10.1. The summed E-state index contributed by atoms with van der Waals surface area (Å²) < 4.78 is 45.5. The van der Waals surface area contributed by atoms with Crippen molar-refractivity contribution in [3.63, 3.8) is 0 Å². The van der Waals surface area contributed by atoms with Crippen molar-refractivity contribution >= 4 is 11.9 Å². The van der Waals surface area contributed by atoms with E-state index in [9.17, 15) is 13.6 Å². The van der Waals surface area contributed by atoms with Gasteiger partial charge in [0.05, 0.1) is 6.61 Å². The monoisotopic (exact) mass is 376 g/mol. The average molecular weight is 376 g/mol. The number of benzene rings is 2. The quantitative estimate of drug-likeness (QED) is 0.531. The minimum atomic E-state index is -2.94. The van der Waals surface area contributed by atoms with E-state index in [2.05, 4.69) is 4.74 Å². The van der Waals surface area contributed by atoms with Crippen molar-refractivity contribution in [2.45, 2.75) is 13.5 Å². The van der Waals surface area contributed by atoms with Crippen LogP contribution in [0.2, 0.25) is 0 Å². The molecule has 27 heavy (non-hydrogen) atoms. The van der Waals surface area contributed by atoms with Crippen LogP contribution in [0, 0.1) is 0 Å². The third-order valence-corrected chi connectivity index (χ3v) is 3.74. The Hall–Kier alpha value is -3.09. The summed E-state index contributed by atoms with van der Waals surface area (Å²) in [5.74, 6) is 1.05. The van der Waals surface area contributed by atoms with Crippen molar-refractivity contribution in [3.05, 3.63) is 53.6 Å². The number of ether oxygens (including phenoxy) is 4. The summed E-state index contributed by atoms with van der Waals surface area (Å²) in [5, 5.41) is 0. The highest BCUT2D eigenvalue weighted by atomic mass is 19.3. The molecule has 0 N–H and O–H groups in total. The molecule has 2 aromatic carbocycles. The first kappa shape index (κ1) is 18.7. The van der Waals surface area contributed by atoms with Gasteiger partial charge in [-0.1, -0.05) is 12.1 Å². The molecular weight excluding hydrogens is 358 g/mol. The number of ketones is 1. The molecule has 7 heteroatoms. The van der Waals surface area contributed by atoms with Crippen LogP contribution in [0.3, 0.4) is 0 Å². The second-order valence-corrected chi connectivity index (χ2v) is 5.57. The molecule has 0 saturated heterocycles. The summed E-state index contributed by atoms with van der Waals surface area (Å²) in [7, 11) is 0. The van der Waals surface area contributed by atoms with Crippen LogP contribution in [0.5, 0.6) is 23.0 Å². The number of halogens is 2. The Labute approximate surface area is 155 Å². The topological polar surface area (TPSA) is 54.0 Å². The highest BCUT2D eigenvalue weighted by Crippen LogP contribution is 2.32. The van der Waals surface area contributed by atoms with Crippen LogP contribution in [0.4, 0.5) is 8.78 Å². The van der Waals surface area contributed by atoms with E-state index >= 15 is 0 Å². The van der Waals surface area contributed by atoms with Crippen LogP contribution in [0.1, 0.15) is 22.8 Å². The molecule has 0 radical (unpaired) electrons. The van der Waals surface area contributed by atoms with Crippen molar-refractivity contribution < 1.29 is 32.5 Å². The van der Waals surface area contributed by atoms with Gasteiger partial charge >= 0.3 is 6.61 Å². The third-order valence-electron chi connectivity index (χ3n) is 3.74. The van der Waals surface area contributed by atoms with E-state index in [4.69, 9.17) is 14.2 Å². The molecule has 0 spiro atoms. The molecular formula is C20H18F2O5. The summed E-state index contributed by atoms with van der Waals surface area (Å²) in [4.78, 5) is 12.4. The zero-order valence-electron chi connectivity index (χ0n) is 14.6. The van der Waals surface area contributed by atoms with Gasteiger partial charge in [0, 0.05) is 5.56 Å². The van der Waals surface area contributed by atoms with Crippen LogP contribution < -0.4 is 18.9 Å². The molecule has 1 heterocycles. The first-order valence-corrected chi connectivity index (χ1v) is 8.40. The number of carbonyl (C=O) groups is 1. The fourth-order valence-corrected chi connectivity index (χ4v) is 2.55. The summed E-state index contributed by atoms with van der Waals surface area (Å²) in [6, 6.07) is 9.46. The summed E-state index contributed by atoms with van der Waals surface area (Å²) in [6.07, 6.45) is 2.97. The standard InChI is InChI=1S/C20H18F2O5/c1-2-24-18-11-13(4-7-17(18)27-20(21)22)3-6-15(23)14-5-8-16-19(12-14)26-10-9-25-16/h3-8,11-12,20H,2,9-10H2,1H3. The zero-order chi connectivity index (χ0) is 19.2. The van der Waals surface area contributed by atoms with E-state index in [0.717, 1.165) is 0 Å². The lowest BCUT2D eigenvalue weighted by Crippen LogP contribution is -2.15. The molecule has 0 bridgehead atoms. The summed E-state index contributed by atoms with van der Waals surface area (Å²) in [5.41, 5.74) is 1.07. The lowest BCUT2D eigenvalue weighted by molar-refractivity contribution is -0.0514. The van der Waals surface area contributed by atoms with E-state index in [-0.39, 0.29) is 17.3 Å². The number of fused-ring (bicyclic) bond motifs is 1. The van der Waals surface area contributed by atoms with Gasteiger partial charge in [0.2, 0.25) is 0 Å². The maximum atomic E-state index is 12.4. The van der Waals surface area contributed by atoms with Gasteiger partial charge in [-0.3, -0.25) is 4.79 Å². The smallest absolute Gasteiger partial charge is 0.387 e. The predicted molar refractivity (Wildman–Crippen MR) is 95.0 cm³/mol. The van der Waals surface area contributed by atoms with Gasteiger partial charge in [-0.15, -0.1) is 0 Å². The Morgan fingerprint density at radius 3 is 2.63 bits per heavy atom. The third kappa shape index (κ3) is 4.75. The molecule has 0 unspecified atom stereocenters. The average Bonchev–Trinajstić information content (AvgIpc) is 2.67. The molecule has 0 aromatic heterocycles. The molecule has 0 atom stereocenters. The van der Waals surface area contributed by atoms with Crippen molar-refractivity contribution in [2.24, 2.45) is 0 Å². The molecule has 142 valence electrons. The van der Waals surface area contributed by atoms with Crippen molar-refractivity contribution in [2.75, 3.05) is 19.8 Å². The normalized spacial score (nSPS) is 13.0. The van der Waals surface area contributed by atoms with E-state index in [1.54, 1.807) is 37.3 Å². The van der Waals surface area contributed by atoms with Crippen molar-refractivity contribution in [1.29, 1.82) is 0 Å². The van der Waals surface area contributed by atoms with Crippen LogP contribution >= 0.6 is 0 Å². The Bertz CT molecular complexity index is 848. The van der Waals surface area contributed by atoms with E-state index in [1.165, 1.54) is 18.2 Å². The Morgan fingerprint density at radius 2 is 1.89 bits per heavy atom. The minimum absolute atomic E-state index is 0.0536. The van der Waals surface area contributed by atoms with Gasteiger partial charge in [0.15, 0.2) is 28.8 Å². The number of hydrogen-bond acceptors (Lipinski definition) is 5. The predicted octanol–water partition coefficient (Wildman–Crippen LogP) is 4.35. The fraction of sp³-hybridized carbons (Fsp3) is 0.250. The van der Waals surface area contributed by atoms with Crippen LogP contribution in [-0.4, -0.2) is 32.2 Å². The van der Waals surface area contributed by atoms with E-state index in [1.807, 2.05) is 0 Å². The first-order valence-electron chi connectivity index (χ1n) is 8.40. The Balaban J connectivity index is 1.76. The van der Waals surface area contributed by atoms with E-state index in [0.29, 0.717) is 42.4 Å². The SMILES string of the molecule is CCOc1cc(C=CC(=O)c2ccc3c(c2)OCCO3)ccc1OC(F)F. The second-order valence-electron chi connectivity index (χ2n) is 5.57. The highest BCUT2D eigenvalue weighted by Gasteiger charge is 2.14. The highest BCUT2D eigenvalue weighted by molar-refractivity contribution is 6.07. The number of rotatable bonds is 7. The Morgan fingerprint density at radius 1 is 1.11 bits per heavy atom. The minimum Gasteiger partial charge on any atom is -0.490 e. The first-order chi connectivity index (χ1) is 13.1. The molecule has 0 aliphatic carbocycles. The number of hydrogen-bond donors (Lipinski definition) is 0. The molecule has 3 rings (SSSR count). The van der Waals surface area contributed by atoms with E-state index < -0.39 is 6.61 Å². The molecule has 0 saturated carbocycles. The maximum absolute atomic E-state index is 12.4. The van der Waals surface area contributed by atoms with Gasteiger partial charge in [0.25, 0.3) is 0 Å². The number of alkyl halides is 2.